The summed E-state index contributed by atoms with van der Waals surface area (Å²) in [4.78, 5) is 24.3. The third-order valence-electron chi connectivity index (χ3n) is 3.04. The van der Waals surface area contributed by atoms with Crippen molar-refractivity contribution in [3.8, 4) is 0 Å². The van der Waals surface area contributed by atoms with Crippen LogP contribution >= 0.6 is 0 Å². The van der Waals surface area contributed by atoms with Crippen LogP contribution in [0, 0.1) is 10.1 Å². The SMILES string of the molecule is O=C(NCC1CCCCN1)c1cc([N+](=O)[O-])c[nH]1. The molecule has 1 aliphatic rings. The van der Waals surface area contributed by atoms with Gasteiger partial charge in [-0.05, 0) is 19.4 Å². The van der Waals surface area contributed by atoms with Crippen LogP contribution in [0.1, 0.15) is 29.8 Å². The largest absolute Gasteiger partial charge is 0.351 e. The monoisotopic (exact) mass is 252 g/mol. The van der Waals surface area contributed by atoms with Crippen LogP contribution in [0.2, 0.25) is 0 Å². The number of piperidine rings is 1. The quantitative estimate of drug-likeness (QED) is 0.545. The number of hydrogen-bond donors (Lipinski definition) is 3. The first-order valence-electron chi connectivity index (χ1n) is 6.01. The lowest BCUT2D eigenvalue weighted by atomic mass is 10.1. The lowest BCUT2D eigenvalue weighted by Crippen LogP contribution is -2.43. The number of rotatable bonds is 4. The predicted molar refractivity (Wildman–Crippen MR) is 65.4 cm³/mol. The smallest absolute Gasteiger partial charge is 0.287 e. The highest BCUT2D eigenvalue weighted by molar-refractivity contribution is 5.93. The van der Waals surface area contributed by atoms with Crippen molar-refractivity contribution in [3.05, 3.63) is 28.1 Å². The topological polar surface area (TPSA) is 100 Å². The van der Waals surface area contributed by atoms with E-state index in [1.54, 1.807) is 0 Å². The first kappa shape index (κ1) is 12.6. The van der Waals surface area contributed by atoms with Gasteiger partial charge < -0.3 is 15.6 Å². The van der Waals surface area contributed by atoms with Crippen LogP contribution in [-0.2, 0) is 0 Å². The fraction of sp³-hybridized carbons (Fsp3) is 0.545. The van der Waals surface area contributed by atoms with E-state index < -0.39 is 4.92 Å². The van der Waals surface area contributed by atoms with Crippen molar-refractivity contribution < 1.29 is 9.72 Å². The average molecular weight is 252 g/mol. The molecule has 1 atom stereocenters. The molecule has 0 saturated carbocycles. The summed E-state index contributed by atoms with van der Waals surface area (Å²) in [6, 6.07) is 1.54. The number of H-pyrrole nitrogens is 1. The van der Waals surface area contributed by atoms with Crippen LogP contribution < -0.4 is 10.6 Å². The van der Waals surface area contributed by atoms with Gasteiger partial charge in [0.15, 0.2) is 0 Å². The molecule has 1 unspecified atom stereocenters. The van der Waals surface area contributed by atoms with Crippen LogP contribution in [0.5, 0.6) is 0 Å². The Kier molecular flexibility index (Phi) is 3.93. The maximum absolute atomic E-state index is 11.7. The van der Waals surface area contributed by atoms with Crippen LogP contribution in [0.3, 0.4) is 0 Å². The van der Waals surface area contributed by atoms with Crippen molar-refractivity contribution in [2.24, 2.45) is 0 Å². The lowest BCUT2D eigenvalue weighted by molar-refractivity contribution is -0.384. The van der Waals surface area contributed by atoms with Crippen molar-refractivity contribution in [1.82, 2.24) is 15.6 Å². The van der Waals surface area contributed by atoms with E-state index in [9.17, 15) is 14.9 Å². The zero-order valence-corrected chi connectivity index (χ0v) is 9.94. The minimum absolute atomic E-state index is 0.101. The van der Waals surface area contributed by atoms with Gasteiger partial charge in [-0.15, -0.1) is 0 Å². The summed E-state index contributed by atoms with van der Waals surface area (Å²) >= 11 is 0. The molecule has 0 aliphatic carbocycles. The Hall–Kier alpha value is -1.89. The van der Waals surface area contributed by atoms with Crippen molar-refractivity contribution in [1.29, 1.82) is 0 Å². The van der Waals surface area contributed by atoms with Gasteiger partial charge in [0, 0.05) is 18.7 Å². The molecule has 7 nitrogen and oxygen atoms in total. The summed E-state index contributed by atoms with van der Waals surface area (Å²) in [5.74, 6) is -0.310. The number of carbonyl (C=O) groups is 1. The second-order valence-electron chi connectivity index (χ2n) is 4.39. The van der Waals surface area contributed by atoms with Crippen molar-refractivity contribution in [2.75, 3.05) is 13.1 Å². The number of nitrogens with one attached hydrogen (secondary N) is 3. The summed E-state index contributed by atoms with van der Waals surface area (Å²) in [5.41, 5.74) is 0.119. The molecule has 1 fully saturated rings. The standard InChI is InChI=1S/C11H16N4O3/c16-11(10-5-9(7-13-10)15(17)18)14-6-8-3-1-2-4-12-8/h5,7-8,12-13H,1-4,6H2,(H,14,16). The molecule has 0 spiro atoms. The molecule has 1 aromatic heterocycles. The van der Waals surface area contributed by atoms with Crippen molar-refractivity contribution in [2.45, 2.75) is 25.3 Å². The van der Waals surface area contributed by atoms with Gasteiger partial charge in [-0.1, -0.05) is 6.42 Å². The Bertz CT molecular complexity index is 437. The number of aromatic amines is 1. The van der Waals surface area contributed by atoms with Gasteiger partial charge in [0.1, 0.15) is 5.69 Å². The van der Waals surface area contributed by atoms with E-state index in [0.29, 0.717) is 12.6 Å². The fourth-order valence-corrected chi connectivity index (χ4v) is 2.03. The van der Waals surface area contributed by atoms with E-state index in [0.717, 1.165) is 13.0 Å². The molecule has 1 aliphatic heterocycles. The van der Waals surface area contributed by atoms with Crippen LogP contribution in [0.25, 0.3) is 0 Å². The third kappa shape index (κ3) is 3.07. The summed E-state index contributed by atoms with van der Waals surface area (Å²) in [6.45, 7) is 1.53. The summed E-state index contributed by atoms with van der Waals surface area (Å²) in [7, 11) is 0. The second-order valence-corrected chi connectivity index (χ2v) is 4.39. The molecule has 0 radical (unpaired) electrons. The fourth-order valence-electron chi connectivity index (χ4n) is 2.03. The molecule has 1 saturated heterocycles. The first-order valence-corrected chi connectivity index (χ1v) is 6.01. The molecule has 98 valence electrons. The zero-order valence-electron chi connectivity index (χ0n) is 9.94. The summed E-state index contributed by atoms with van der Waals surface area (Å²) in [5, 5.41) is 16.6. The molecule has 3 N–H and O–H groups in total. The number of aromatic nitrogens is 1. The molecule has 7 heteroatoms. The van der Waals surface area contributed by atoms with E-state index in [4.69, 9.17) is 0 Å². The highest BCUT2D eigenvalue weighted by Gasteiger charge is 2.17. The van der Waals surface area contributed by atoms with Gasteiger partial charge in [0.25, 0.3) is 11.6 Å². The normalized spacial score (nSPS) is 19.4. The van der Waals surface area contributed by atoms with Gasteiger partial charge >= 0.3 is 0 Å². The van der Waals surface area contributed by atoms with Crippen LogP contribution in [0.4, 0.5) is 5.69 Å². The molecule has 18 heavy (non-hydrogen) atoms. The Morgan fingerprint density at radius 3 is 3.00 bits per heavy atom. The maximum Gasteiger partial charge on any atom is 0.287 e. The van der Waals surface area contributed by atoms with Gasteiger partial charge in [0.2, 0.25) is 0 Å². The Balaban J connectivity index is 1.84. The predicted octanol–water partition coefficient (Wildman–Crippen LogP) is 0.795. The third-order valence-corrected chi connectivity index (χ3v) is 3.04. The number of carbonyl (C=O) groups excluding carboxylic acids is 1. The Morgan fingerprint density at radius 2 is 2.39 bits per heavy atom. The van der Waals surface area contributed by atoms with Crippen LogP contribution in [-0.4, -0.2) is 34.9 Å². The summed E-state index contributed by atoms with van der Waals surface area (Å²) in [6.07, 6.45) is 4.60. The van der Waals surface area contributed by atoms with E-state index in [-0.39, 0.29) is 17.3 Å². The lowest BCUT2D eigenvalue weighted by Gasteiger charge is -2.23. The van der Waals surface area contributed by atoms with Gasteiger partial charge in [-0.25, -0.2) is 0 Å². The Labute approximate surface area is 104 Å². The van der Waals surface area contributed by atoms with Crippen LogP contribution in [0.15, 0.2) is 12.3 Å². The van der Waals surface area contributed by atoms with E-state index in [2.05, 4.69) is 15.6 Å². The molecule has 2 heterocycles. The van der Waals surface area contributed by atoms with E-state index in [1.807, 2.05) is 0 Å². The zero-order chi connectivity index (χ0) is 13.0. The average Bonchev–Trinajstić information content (AvgIpc) is 2.87. The molecular weight excluding hydrogens is 236 g/mol. The highest BCUT2D eigenvalue weighted by Crippen LogP contribution is 2.12. The minimum Gasteiger partial charge on any atom is -0.351 e. The number of nitrogens with zero attached hydrogens (tertiary/aromatic N) is 1. The number of amides is 1. The van der Waals surface area contributed by atoms with E-state index >= 15 is 0 Å². The van der Waals surface area contributed by atoms with Gasteiger partial charge in [0.05, 0.1) is 11.1 Å². The summed E-state index contributed by atoms with van der Waals surface area (Å²) < 4.78 is 0. The molecule has 1 aromatic rings. The Morgan fingerprint density at radius 1 is 1.56 bits per heavy atom. The van der Waals surface area contributed by atoms with Gasteiger partial charge in [-0.2, -0.15) is 0 Å². The molecule has 0 aromatic carbocycles. The molecule has 1 amide bonds. The molecule has 0 bridgehead atoms. The number of hydrogen-bond acceptors (Lipinski definition) is 4. The maximum atomic E-state index is 11.7. The highest BCUT2D eigenvalue weighted by atomic mass is 16.6. The first-order chi connectivity index (χ1) is 8.66. The van der Waals surface area contributed by atoms with Gasteiger partial charge in [-0.3, -0.25) is 14.9 Å². The molecule has 2 rings (SSSR count). The molecular formula is C11H16N4O3. The van der Waals surface area contributed by atoms with E-state index in [1.165, 1.54) is 25.1 Å². The second kappa shape index (κ2) is 5.63. The number of nitro groups is 1. The van der Waals surface area contributed by atoms with Crippen molar-refractivity contribution in [3.63, 3.8) is 0 Å². The van der Waals surface area contributed by atoms with Crippen molar-refractivity contribution >= 4 is 11.6 Å². The minimum atomic E-state index is -0.532.